The van der Waals surface area contributed by atoms with Gasteiger partial charge in [0.15, 0.2) is 0 Å². The molecule has 46 heavy (non-hydrogen) atoms. The lowest BCUT2D eigenvalue weighted by Crippen LogP contribution is -2.56. The largest absolute Gasteiger partial charge is 0.444 e. The number of benzene rings is 3. The summed E-state index contributed by atoms with van der Waals surface area (Å²) in [4.78, 5) is 36.4. The average molecular weight is 665 g/mol. The van der Waals surface area contributed by atoms with Crippen molar-refractivity contribution < 1.29 is 26.9 Å². The van der Waals surface area contributed by atoms with Crippen LogP contribution in [0.1, 0.15) is 26.3 Å². The lowest BCUT2D eigenvalue weighted by atomic mass is 10.0. The zero-order valence-electron chi connectivity index (χ0n) is 26.2. The van der Waals surface area contributed by atoms with Gasteiger partial charge in [-0.15, -0.1) is 0 Å². The summed E-state index contributed by atoms with van der Waals surface area (Å²) in [7, 11) is -2.58. The third-order valence-corrected chi connectivity index (χ3v) is 9.24. The lowest BCUT2D eigenvalue weighted by Gasteiger charge is -2.39. The monoisotopic (exact) mass is 664 g/mol. The standard InChI is InChI=1S/C34H37ClN4O6S/c1-34(2,3)44-33(41)37(4)30(32(40)39-20-18-38(19-21-39)27-12-10-26(35)11-13-27)22-24-8-14-28(15-9-24)45-46(42,43)31-7-5-6-25-23-36-17-16-29(25)31/h5-17,23,30H,18-22H2,1-4H3/t30-/m0/s1. The SMILES string of the molecule is CN(C(=O)OC(C)(C)C)[C@@H](Cc1ccc(OS(=O)(=O)c2cccc3cnccc23)cc1)C(=O)N1CCN(c2ccc(Cl)cc2)CC1. The first-order valence-corrected chi connectivity index (χ1v) is 16.7. The molecule has 1 fully saturated rings. The fourth-order valence-corrected chi connectivity index (χ4v) is 6.57. The van der Waals surface area contributed by atoms with Crippen molar-refractivity contribution in [2.24, 2.45) is 0 Å². The maximum atomic E-state index is 14.0. The Labute approximate surface area is 274 Å². The molecule has 0 bridgehead atoms. The summed E-state index contributed by atoms with van der Waals surface area (Å²) in [6.45, 7) is 7.53. The number of aromatic nitrogens is 1. The van der Waals surface area contributed by atoms with Gasteiger partial charge in [-0.05, 0) is 74.9 Å². The van der Waals surface area contributed by atoms with Gasteiger partial charge in [0.2, 0.25) is 5.91 Å². The summed E-state index contributed by atoms with van der Waals surface area (Å²) in [5.41, 5.74) is 1.00. The van der Waals surface area contributed by atoms with Gasteiger partial charge in [-0.3, -0.25) is 14.7 Å². The number of nitrogens with zero attached hydrogens (tertiary/aromatic N) is 4. The fourth-order valence-electron chi connectivity index (χ4n) is 5.29. The number of ether oxygens (including phenoxy) is 1. The molecule has 2 heterocycles. The number of hydrogen-bond donors (Lipinski definition) is 0. The van der Waals surface area contributed by atoms with Crippen LogP contribution in [0.4, 0.5) is 10.5 Å². The van der Waals surface area contributed by atoms with Crippen molar-refractivity contribution in [2.75, 3.05) is 38.1 Å². The predicted octanol–water partition coefficient (Wildman–Crippen LogP) is 5.78. The van der Waals surface area contributed by atoms with Gasteiger partial charge in [0.05, 0.1) is 0 Å². The zero-order chi connectivity index (χ0) is 33.1. The van der Waals surface area contributed by atoms with E-state index in [2.05, 4.69) is 9.88 Å². The summed E-state index contributed by atoms with van der Waals surface area (Å²) >= 11 is 6.04. The van der Waals surface area contributed by atoms with Crippen LogP contribution < -0.4 is 9.08 Å². The van der Waals surface area contributed by atoms with E-state index in [1.54, 1.807) is 81.4 Å². The lowest BCUT2D eigenvalue weighted by molar-refractivity contribution is -0.136. The number of carbonyl (C=O) groups is 2. The Balaban J connectivity index is 1.31. The van der Waals surface area contributed by atoms with E-state index in [4.69, 9.17) is 20.5 Å². The molecule has 4 aromatic rings. The zero-order valence-corrected chi connectivity index (χ0v) is 27.8. The van der Waals surface area contributed by atoms with Gasteiger partial charge in [-0.1, -0.05) is 35.9 Å². The molecule has 0 radical (unpaired) electrons. The maximum Gasteiger partial charge on any atom is 0.410 e. The molecule has 1 saturated heterocycles. The Morgan fingerprint density at radius 3 is 2.28 bits per heavy atom. The van der Waals surface area contributed by atoms with Crippen molar-refractivity contribution in [1.82, 2.24) is 14.8 Å². The molecule has 3 aromatic carbocycles. The van der Waals surface area contributed by atoms with Crippen molar-refractivity contribution in [2.45, 2.75) is 43.7 Å². The molecule has 5 rings (SSSR count). The Morgan fingerprint density at radius 1 is 0.957 bits per heavy atom. The van der Waals surface area contributed by atoms with E-state index < -0.39 is 27.9 Å². The molecule has 2 amide bonds. The van der Waals surface area contributed by atoms with Crippen molar-refractivity contribution >= 4 is 50.2 Å². The molecule has 0 unspecified atom stereocenters. The minimum absolute atomic E-state index is 0.0392. The van der Waals surface area contributed by atoms with Crippen LogP contribution in [0.5, 0.6) is 5.75 Å². The third kappa shape index (κ3) is 7.89. The highest BCUT2D eigenvalue weighted by atomic mass is 35.5. The number of hydrogen-bond acceptors (Lipinski definition) is 8. The Kier molecular flexibility index (Phi) is 9.74. The van der Waals surface area contributed by atoms with Crippen LogP contribution in [0, 0.1) is 0 Å². The normalized spacial score (nSPS) is 14.5. The molecule has 1 atom stereocenters. The summed E-state index contributed by atoms with van der Waals surface area (Å²) in [6.07, 6.45) is 2.70. The van der Waals surface area contributed by atoms with Crippen molar-refractivity contribution in [1.29, 1.82) is 0 Å². The first-order valence-electron chi connectivity index (χ1n) is 14.9. The summed E-state index contributed by atoms with van der Waals surface area (Å²) in [6, 6.07) is 19.7. The first-order chi connectivity index (χ1) is 21.8. The Morgan fingerprint density at radius 2 is 1.63 bits per heavy atom. The summed E-state index contributed by atoms with van der Waals surface area (Å²) in [5.74, 6) is -0.0750. The molecule has 12 heteroatoms. The average Bonchev–Trinajstić information content (AvgIpc) is 3.03. The minimum atomic E-state index is -4.14. The quantitative estimate of drug-likeness (QED) is 0.218. The smallest absolute Gasteiger partial charge is 0.410 e. The molecule has 0 N–H and O–H groups in total. The number of carbonyl (C=O) groups excluding carboxylic acids is 2. The number of rotatable bonds is 8. The van der Waals surface area contributed by atoms with Gasteiger partial charge >= 0.3 is 16.2 Å². The van der Waals surface area contributed by atoms with Crippen molar-refractivity contribution in [3.63, 3.8) is 0 Å². The van der Waals surface area contributed by atoms with E-state index in [-0.39, 0.29) is 23.0 Å². The molecule has 1 aliphatic rings. The number of amides is 2. The summed E-state index contributed by atoms with van der Waals surface area (Å²) in [5, 5.41) is 1.85. The maximum absolute atomic E-state index is 14.0. The van der Waals surface area contributed by atoms with E-state index in [0.717, 1.165) is 11.3 Å². The van der Waals surface area contributed by atoms with Crippen LogP contribution in [0.3, 0.4) is 0 Å². The number of pyridine rings is 1. The molecule has 1 aliphatic heterocycles. The predicted molar refractivity (Wildman–Crippen MR) is 178 cm³/mol. The Hall–Kier alpha value is -4.35. The van der Waals surface area contributed by atoms with E-state index in [1.807, 2.05) is 24.3 Å². The van der Waals surface area contributed by atoms with Crippen LogP contribution >= 0.6 is 11.6 Å². The molecular formula is C34H37ClN4O6S. The molecular weight excluding hydrogens is 628 g/mol. The second kappa shape index (κ2) is 13.6. The second-order valence-corrected chi connectivity index (χ2v) is 14.1. The highest BCUT2D eigenvalue weighted by Crippen LogP contribution is 2.27. The highest BCUT2D eigenvalue weighted by molar-refractivity contribution is 7.87. The van der Waals surface area contributed by atoms with E-state index >= 15 is 0 Å². The number of fused-ring (bicyclic) bond motifs is 1. The van der Waals surface area contributed by atoms with Gasteiger partial charge in [0.25, 0.3) is 0 Å². The van der Waals surface area contributed by atoms with E-state index in [1.165, 1.54) is 17.2 Å². The number of likely N-dealkylation sites (N-methyl/N-ethyl adjacent to an activating group) is 1. The van der Waals surface area contributed by atoms with Gasteiger partial charge in [-0.2, -0.15) is 8.42 Å². The minimum Gasteiger partial charge on any atom is -0.444 e. The topological polar surface area (TPSA) is 109 Å². The van der Waals surface area contributed by atoms with Gasteiger partial charge in [0.1, 0.15) is 22.3 Å². The van der Waals surface area contributed by atoms with Crippen LogP contribution in [0.25, 0.3) is 10.8 Å². The summed E-state index contributed by atoms with van der Waals surface area (Å²) < 4.78 is 37.4. The Bertz CT molecular complexity index is 1800. The molecule has 1 aromatic heterocycles. The van der Waals surface area contributed by atoms with Gasteiger partial charge in [-0.25, -0.2) is 4.79 Å². The molecule has 10 nitrogen and oxygen atoms in total. The van der Waals surface area contributed by atoms with Crippen LogP contribution in [0.2, 0.25) is 5.02 Å². The van der Waals surface area contributed by atoms with E-state index in [0.29, 0.717) is 42.0 Å². The third-order valence-electron chi connectivity index (χ3n) is 7.69. The van der Waals surface area contributed by atoms with Crippen LogP contribution in [-0.4, -0.2) is 80.1 Å². The van der Waals surface area contributed by atoms with Crippen LogP contribution in [-0.2, 0) is 26.1 Å². The fraction of sp³-hybridized carbons (Fsp3) is 0.324. The molecule has 0 aliphatic carbocycles. The van der Waals surface area contributed by atoms with Crippen molar-refractivity contribution in [3.8, 4) is 5.75 Å². The highest BCUT2D eigenvalue weighted by Gasteiger charge is 2.34. The van der Waals surface area contributed by atoms with Gasteiger partial charge in [0, 0.05) is 73.5 Å². The van der Waals surface area contributed by atoms with Crippen LogP contribution in [0.15, 0.2) is 90.1 Å². The van der Waals surface area contributed by atoms with Gasteiger partial charge < -0.3 is 18.7 Å². The van der Waals surface area contributed by atoms with E-state index in [9.17, 15) is 18.0 Å². The first kappa shape index (κ1) is 33.0. The van der Waals surface area contributed by atoms with Crippen molar-refractivity contribution in [3.05, 3.63) is 95.8 Å². The number of piperazine rings is 1. The molecule has 0 spiro atoms. The molecule has 242 valence electrons. The number of anilines is 1. The molecule has 0 saturated carbocycles. The number of halogens is 1. The second-order valence-electron chi connectivity index (χ2n) is 12.1.